The maximum absolute atomic E-state index is 5.48. The number of rotatable bonds is 5. The molecule has 1 rings (SSSR count). The van der Waals surface area contributed by atoms with E-state index in [2.05, 4.69) is 17.2 Å². The number of nitrogens with one attached hydrogen (secondary N) is 1. The zero-order valence-electron chi connectivity index (χ0n) is 8.03. The molecule has 3 heteroatoms. The normalized spacial score (nSPS) is 12.8. The number of aromatic nitrogens is 1. The Hall–Kier alpha value is -0.930. The third kappa shape index (κ3) is 4.01. The zero-order valence-corrected chi connectivity index (χ0v) is 8.03. The molecule has 0 saturated carbocycles. The molecular formula is C10H17N3. The highest BCUT2D eigenvalue weighted by molar-refractivity contribution is 5.09. The molecule has 0 aliphatic carbocycles. The second-order valence-corrected chi connectivity index (χ2v) is 3.20. The average Bonchev–Trinajstić information content (AvgIpc) is 2.19. The van der Waals surface area contributed by atoms with Crippen LogP contribution in [0.1, 0.15) is 12.5 Å². The van der Waals surface area contributed by atoms with Crippen LogP contribution in [0, 0.1) is 0 Å². The highest BCUT2D eigenvalue weighted by Gasteiger charge is 1.96. The third-order valence-corrected chi connectivity index (χ3v) is 2.01. The lowest BCUT2D eigenvalue weighted by atomic mass is 10.2. The van der Waals surface area contributed by atoms with Crippen molar-refractivity contribution in [3.8, 4) is 0 Å². The van der Waals surface area contributed by atoms with Gasteiger partial charge in [-0.1, -0.05) is 0 Å². The van der Waals surface area contributed by atoms with E-state index < -0.39 is 0 Å². The zero-order chi connectivity index (χ0) is 9.52. The molecule has 3 N–H and O–H groups in total. The van der Waals surface area contributed by atoms with Crippen LogP contribution in [0.15, 0.2) is 24.5 Å². The molecular weight excluding hydrogens is 162 g/mol. The van der Waals surface area contributed by atoms with Gasteiger partial charge in [-0.25, -0.2) is 0 Å². The van der Waals surface area contributed by atoms with Crippen molar-refractivity contribution in [2.75, 3.05) is 13.1 Å². The quantitative estimate of drug-likeness (QED) is 0.694. The summed E-state index contributed by atoms with van der Waals surface area (Å²) in [6.07, 6.45) is 4.68. The summed E-state index contributed by atoms with van der Waals surface area (Å²) in [4.78, 5) is 3.96. The van der Waals surface area contributed by atoms with Crippen molar-refractivity contribution < 1.29 is 0 Å². The van der Waals surface area contributed by atoms with Crippen molar-refractivity contribution >= 4 is 0 Å². The molecule has 0 fully saturated rings. The summed E-state index contributed by atoms with van der Waals surface area (Å²) in [7, 11) is 0. The van der Waals surface area contributed by atoms with Crippen LogP contribution in [0.5, 0.6) is 0 Å². The lowest BCUT2D eigenvalue weighted by Crippen LogP contribution is -2.34. The van der Waals surface area contributed by atoms with Gasteiger partial charge in [0, 0.05) is 25.0 Å². The number of hydrogen-bond donors (Lipinski definition) is 2. The van der Waals surface area contributed by atoms with Crippen molar-refractivity contribution in [2.45, 2.75) is 19.4 Å². The summed E-state index contributed by atoms with van der Waals surface area (Å²) < 4.78 is 0. The lowest BCUT2D eigenvalue weighted by molar-refractivity contribution is 0.559. The van der Waals surface area contributed by atoms with Gasteiger partial charge in [0.15, 0.2) is 0 Å². The van der Waals surface area contributed by atoms with Crippen LogP contribution in [-0.4, -0.2) is 24.1 Å². The maximum Gasteiger partial charge on any atom is 0.0270 e. The first-order chi connectivity index (χ1) is 6.33. The van der Waals surface area contributed by atoms with E-state index in [1.807, 2.05) is 24.5 Å². The first-order valence-corrected chi connectivity index (χ1v) is 4.65. The van der Waals surface area contributed by atoms with Gasteiger partial charge in [0.25, 0.3) is 0 Å². The van der Waals surface area contributed by atoms with Crippen molar-refractivity contribution in [3.05, 3.63) is 30.1 Å². The fraction of sp³-hybridized carbons (Fsp3) is 0.500. The predicted molar refractivity (Wildman–Crippen MR) is 54.5 cm³/mol. The number of nitrogens with two attached hydrogens (primary N) is 1. The topological polar surface area (TPSA) is 50.9 Å². The molecule has 1 aromatic rings. The Kier molecular flexibility index (Phi) is 4.43. The van der Waals surface area contributed by atoms with Crippen LogP contribution < -0.4 is 11.1 Å². The summed E-state index contributed by atoms with van der Waals surface area (Å²) in [6, 6.07) is 4.48. The lowest BCUT2D eigenvalue weighted by Gasteiger charge is -2.10. The van der Waals surface area contributed by atoms with Gasteiger partial charge in [0.2, 0.25) is 0 Å². The summed E-state index contributed by atoms with van der Waals surface area (Å²) in [5, 5.41) is 3.34. The number of pyridine rings is 1. The second kappa shape index (κ2) is 5.67. The molecule has 13 heavy (non-hydrogen) atoms. The Labute approximate surface area is 79.4 Å². The van der Waals surface area contributed by atoms with Crippen LogP contribution in [0.25, 0.3) is 0 Å². The molecule has 1 unspecified atom stereocenters. The van der Waals surface area contributed by atoms with Crippen LogP contribution in [0.4, 0.5) is 0 Å². The van der Waals surface area contributed by atoms with Crippen molar-refractivity contribution in [1.29, 1.82) is 0 Å². The number of hydrogen-bond acceptors (Lipinski definition) is 3. The van der Waals surface area contributed by atoms with Gasteiger partial charge in [0.1, 0.15) is 0 Å². The first-order valence-electron chi connectivity index (χ1n) is 4.65. The van der Waals surface area contributed by atoms with Gasteiger partial charge < -0.3 is 11.1 Å². The molecule has 0 saturated heterocycles. The molecule has 0 spiro atoms. The van der Waals surface area contributed by atoms with Crippen molar-refractivity contribution in [1.82, 2.24) is 10.3 Å². The molecule has 0 bridgehead atoms. The van der Waals surface area contributed by atoms with Crippen molar-refractivity contribution in [2.24, 2.45) is 5.73 Å². The van der Waals surface area contributed by atoms with Gasteiger partial charge in [-0.05, 0) is 37.6 Å². The number of nitrogens with zero attached hydrogens (tertiary/aromatic N) is 1. The predicted octanol–water partition coefficient (Wildman–Crippen LogP) is 0.561. The van der Waals surface area contributed by atoms with Gasteiger partial charge in [-0.15, -0.1) is 0 Å². The minimum Gasteiger partial charge on any atom is -0.329 e. The highest BCUT2D eigenvalue weighted by Crippen LogP contribution is 1.96. The fourth-order valence-electron chi connectivity index (χ4n) is 1.10. The largest absolute Gasteiger partial charge is 0.329 e. The Morgan fingerprint density at radius 1 is 1.46 bits per heavy atom. The van der Waals surface area contributed by atoms with E-state index in [1.54, 1.807) is 0 Å². The SMILES string of the molecule is CC(CN)NCCc1ccncc1. The van der Waals surface area contributed by atoms with Crippen LogP contribution in [0.2, 0.25) is 0 Å². The summed E-state index contributed by atoms with van der Waals surface area (Å²) in [6.45, 7) is 3.76. The molecule has 0 aliphatic rings. The van der Waals surface area contributed by atoms with Crippen molar-refractivity contribution in [3.63, 3.8) is 0 Å². The highest BCUT2D eigenvalue weighted by atomic mass is 14.9. The summed E-state index contributed by atoms with van der Waals surface area (Å²) >= 11 is 0. The van der Waals surface area contributed by atoms with E-state index in [-0.39, 0.29) is 0 Å². The van der Waals surface area contributed by atoms with Crippen LogP contribution in [0.3, 0.4) is 0 Å². The molecule has 0 aromatic carbocycles. The molecule has 0 radical (unpaired) electrons. The van der Waals surface area contributed by atoms with Crippen LogP contribution >= 0.6 is 0 Å². The van der Waals surface area contributed by atoms with E-state index in [0.29, 0.717) is 12.6 Å². The Balaban J connectivity index is 2.20. The Morgan fingerprint density at radius 2 is 2.15 bits per heavy atom. The Morgan fingerprint density at radius 3 is 2.77 bits per heavy atom. The van der Waals surface area contributed by atoms with E-state index in [4.69, 9.17) is 5.73 Å². The average molecular weight is 179 g/mol. The molecule has 3 nitrogen and oxygen atoms in total. The standard InChI is InChI=1S/C10H17N3/c1-9(8-11)13-7-4-10-2-5-12-6-3-10/h2-3,5-6,9,13H,4,7-8,11H2,1H3. The third-order valence-electron chi connectivity index (χ3n) is 2.01. The van der Waals surface area contributed by atoms with E-state index >= 15 is 0 Å². The molecule has 1 atom stereocenters. The minimum absolute atomic E-state index is 0.404. The van der Waals surface area contributed by atoms with E-state index in [1.165, 1.54) is 5.56 Å². The molecule has 72 valence electrons. The Bertz CT molecular complexity index is 223. The second-order valence-electron chi connectivity index (χ2n) is 3.20. The van der Waals surface area contributed by atoms with Gasteiger partial charge in [-0.3, -0.25) is 4.98 Å². The first kappa shape index (κ1) is 10.2. The van der Waals surface area contributed by atoms with Gasteiger partial charge in [-0.2, -0.15) is 0 Å². The summed E-state index contributed by atoms with van der Waals surface area (Å²) in [5.74, 6) is 0. The van der Waals surface area contributed by atoms with E-state index in [0.717, 1.165) is 13.0 Å². The molecule has 1 heterocycles. The monoisotopic (exact) mass is 179 g/mol. The molecule has 0 aliphatic heterocycles. The fourth-order valence-corrected chi connectivity index (χ4v) is 1.10. The molecule has 0 amide bonds. The van der Waals surface area contributed by atoms with E-state index in [9.17, 15) is 0 Å². The maximum atomic E-state index is 5.48. The minimum atomic E-state index is 0.404. The van der Waals surface area contributed by atoms with Gasteiger partial charge >= 0.3 is 0 Å². The van der Waals surface area contributed by atoms with Gasteiger partial charge in [0.05, 0.1) is 0 Å². The smallest absolute Gasteiger partial charge is 0.0270 e. The summed E-state index contributed by atoms with van der Waals surface area (Å²) in [5.41, 5.74) is 6.79. The van der Waals surface area contributed by atoms with Crippen LogP contribution in [-0.2, 0) is 6.42 Å². The molecule has 1 aromatic heterocycles.